The maximum Gasteiger partial charge on any atom is 0.322 e. The summed E-state index contributed by atoms with van der Waals surface area (Å²) in [5.41, 5.74) is 1.70. The van der Waals surface area contributed by atoms with Crippen molar-refractivity contribution in [2.24, 2.45) is 5.92 Å². The first kappa shape index (κ1) is 13.7. The Bertz CT molecular complexity index is 545. The zero-order valence-electron chi connectivity index (χ0n) is 11.8. The van der Waals surface area contributed by atoms with Crippen LogP contribution in [0.2, 0.25) is 5.02 Å². The summed E-state index contributed by atoms with van der Waals surface area (Å²) in [7, 11) is 3.57. The molecule has 2 amide bonds. The summed E-state index contributed by atoms with van der Waals surface area (Å²) in [5, 5.41) is 3.64. The van der Waals surface area contributed by atoms with Gasteiger partial charge in [0.2, 0.25) is 0 Å². The number of benzene rings is 1. The Labute approximate surface area is 124 Å². The second-order valence-electron chi connectivity index (χ2n) is 5.62. The minimum absolute atomic E-state index is 0.0529. The Morgan fingerprint density at radius 3 is 2.90 bits per heavy atom. The van der Waals surface area contributed by atoms with Crippen molar-refractivity contribution in [2.45, 2.75) is 24.8 Å². The van der Waals surface area contributed by atoms with Crippen molar-refractivity contribution >= 4 is 23.3 Å². The molecule has 1 heterocycles. The zero-order valence-corrected chi connectivity index (χ0v) is 12.5. The Morgan fingerprint density at radius 1 is 1.50 bits per heavy atom. The van der Waals surface area contributed by atoms with E-state index >= 15 is 0 Å². The van der Waals surface area contributed by atoms with Crippen LogP contribution < -0.4 is 5.32 Å². The van der Waals surface area contributed by atoms with Gasteiger partial charge in [-0.15, -0.1) is 0 Å². The number of methoxy groups -OCH3 is 1. The van der Waals surface area contributed by atoms with Gasteiger partial charge in [0.05, 0.1) is 5.54 Å². The summed E-state index contributed by atoms with van der Waals surface area (Å²) in [6.07, 6.45) is 3.09. The molecule has 1 atom stereocenters. The molecule has 1 aromatic carbocycles. The Hall–Kier alpha value is -1.26. The third kappa shape index (κ3) is 1.98. The van der Waals surface area contributed by atoms with Gasteiger partial charge >= 0.3 is 6.03 Å². The lowest BCUT2D eigenvalue weighted by Gasteiger charge is -2.47. The molecule has 1 saturated carbocycles. The first-order valence-corrected chi connectivity index (χ1v) is 7.31. The summed E-state index contributed by atoms with van der Waals surface area (Å²) < 4.78 is 5.29. The lowest BCUT2D eigenvalue weighted by molar-refractivity contribution is 0.0729. The molecule has 0 saturated heterocycles. The van der Waals surface area contributed by atoms with Crippen LogP contribution >= 0.6 is 11.6 Å². The molecule has 4 nitrogen and oxygen atoms in total. The molecule has 20 heavy (non-hydrogen) atoms. The molecular formula is C15H19ClN2O2. The van der Waals surface area contributed by atoms with Crippen LogP contribution in [0.25, 0.3) is 0 Å². The molecule has 3 rings (SSSR count). The van der Waals surface area contributed by atoms with Crippen molar-refractivity contribution in [3.63, 3.8) is 0 Å². The molecule has 1 fully saturated rings. The molecule has 1 aromatic rings. The summed E-state index contributed by atoms with van der Waals surface area (Å²) in [6.45, 7) is 0.625. The fraction of sp³-hybridized carbons (Fsp3) is 0.533. The van der Waals surface area contributed by atoms with Gasteiger partial charge in [-0.05, 0) is 43.4 Å². The number of carbonyl (C=O) groups excluding carboxylic acids is 1. The Morgan fingerprint density at radius 2 is 2.25 bits per heavy atom. The quantitative estimate of drug-likeness (QED) is 0.924. The maximum atomic E-state index is 12.3. The summed E-state index contributed by atoms with van der Waals surface area (Å²) in [6, 6.07) is 5.65. The molecule has 108 valence electrons. The lowest BCUT2D eigenvalue weighted by atomic mass is 9.78. The van der Waals surface area contributed by atoms with E-state index in [1.54, 1.807) is 7.11 Å². The second kappa shape index (κ2) is 4.93. The predicted molar refractivity (Wildman–Crippen MR) is 79.1 cm³/mol. The highest BCUT2D eigenvalue weighted by Gasteiger charge is 2.53. The smallest absolute Gasteiger partial charge is 0.322 e. The number of hydrogen-bond donors (Lipinski definition) is 1. The first-order valence-electron chi connectivity index (χ1n) is 6.93. The van der Waals surface area contributed by atoms with Gasteiger partial charge in [-0.3, -0.25) is 0 Å². The number of halogens is 1. The van der Waals surface area contributed by atoms with Gasteiger partial charge in [-0.25, -0.2) is 4.79 Å². The fourth-order valence-corrected chi connectivity index (χ4v) is 3.54. The third-order valence-electron chi connectivity index (χ3n) is 4.53. The topological polar surface area (TPSA) is 41.6 Å². The molecule has 1 N–H and O–H groups in total. The molecule has 1 aliphatic heterocycles. The first-order chi connectivity index (χ1) is 9.59. The van der Waals surface area contributed by atoms with E-state index in [0.29, 0.717) is 17.5 Å². The van der Waals surface area contributed by atoms with E-state index in [4.69, 9.17) is 16.3 Å². The Kier molecular flexibility index (Phi) is 3.38. The van der Waals surface area contributed by atoms with Gasteiger partial charge in [-0.1, -0.05) is 11.6 Å². The number of nitrogens with zero attached hydrogens (tertiary/aromatic N) is 1. The van der Waals surface area contributed by atoms with Gasteiger partial charge in [0.25, 0.3) is 0 Å². The maximum absolute atomic E-state index is 12.3. The van der Waals surface area contributed by atoms with Crippen LogP contribution in [0.5, 0.6) is 0 Å². The van der Waals surface area contributed by atoms with Crippen LogP contribution in [0.4, 0.5) is 10.5 Å². The predicted octanol–water partition coefficient (Wildman–Crippen LogP) is 3.46. The van der Waals surface area contributed by atoms with Gasteiger partial charge in [0.15, 0.2) is 0 Å². The van der Waals surface area contributed by atoms with Crippen LogP contribution in [-0.4, -0.2) is 31.7 Å². The molecule has 1 unspecified atom stereocenters. The second-order valence-corrected chi connectivity index (χ2v) is 6.06. The monoisotopic (exact) mass is 294 g/mol. The van der Waals surface area contributed by atoms with Gasteiger partial charge in [0.1, 0.15) is 0 Å². The van der Waals surface area contributed by atoms with Gasteiger partial charge < -0.3 is 15.0 Å². The van der Waals surface area contributed by atoms with Crippen molar-refractivity contribution in [3.8, 4) is 0 Å². The number of nitrogens with one attached hydrogen (secondary N) is 1. The van der Waals surface area contributed by atoms with Crippen molar-refractivity contribution in [3.05, 3.63) is 28.8 Å². The highest BCUT2D eigenvalue weighted by Crippen LogP contribution is 2.54. The summed E-state index contributed by atoms with van der Waals surface area (Å²) >= 11 is 6.18. The van der Waals surface area contributed by atoms with E-state index in [1.165, 1.54) is 0 Å². The molecule has 0 radical (unpaired) electrons. The van der Waals surface area contributed by atoms with Crippen LogP contribution in [0, 0.1) is 5.92 Å². The standard InChI is InChI=1S/C15H19ClN2O2/c1-18-14(19)17-13-6-5-11(16)9-12(13)15(18,7-8-20-2)10-3-4-10/h5-6,9-10H,3-4,7-8H2,1-2H3,(H,17,19). The van der Waals surface area contributed by atoms with E-state index in [1.807, 2.05) is 30.1 Å². The van der Waals surface area contributed by atoms with Crippen molar-refractivity contribution < 1.29 is 9.53 Å². The molecule has 0 aromatic heterocycles. The lowest BCUT2D eigenvalue weighted by Crippen LogP contribution is -2.54. The average Bonchev–Trinajstić information content (AvgIpc) is 3.26. The largest absolute Gasteiger partial charge is 0.385 e. The van der Waals surface area contributed by atoms with E-state index in [2.05, 4.69) is 5.32 Å². The number of amides is 2. The number of hydrogen-bond acceptors (Lipinski definition) is 2. The van der Waals surface area contributed by atoms with Crippen LogP contribution in [-0.2, 0) is 10.3 Å². The number of fused-ring (bicyclic) bond motifs is 1. The highest BCUT2D eigenvalue weighted by atomic mass is 35.5. The molecule has 0 bridgehead atoms. The number of rotatable bonds is 4. The SMILES string of the molecule is COCCC1(C2CC2)c2cc(Cl)ccc2NC(=O)N1C. The number of carbonyl (C=O) groups is 1. The average molecular weight is 295 g/mol. The molecular weight excluding hydrogens is 276 g/mol. The summed E-state index contributed by atoms with van der Waals surface area (Å²) in [5.74, 6) is 0.492. The molecule has 1 aliphatic carbocycles. The highest BCUT2D eigenvalue weighted by molar-refractivity contribution is 6.30. The van der Waals surface area contributed by atoms with Gasteiger partial charge in [0, 0.05) is 37.0 Å². The summed E-state index contributed by atoms with van der Waals surface area (Å²) in [4.78, 5) is 14.1. The number of ether oxygens (including phenoxy) is 1. The fourth-order valence-electron chi connectivity index (χ4n) is 3.36. The van der Waals surface area contributed by atoms with E-state index in [-0.39, 0.29) is 11.6 Å². The van der Waals surface area contributed by atoms with E-state index in [0.717, 1.165) is 30.5 Å². The van der Waals surface area contributed by atoms with Crippen LogP contribution in [0.3, 0.4) is 0 Å². The van der Waals surface area contributed by atoms with Crippen molar-refractivity contribution in [1.29, 1.82) is 0 Å². The van der Waals surface area contributed by atoms with E-state index < -0.39 is 0 Å². The normalized spacial score (nSPS) is 25.4. The number of anilines is 1. The minimum atomic E-state index is -0.293. The van der Waals surface area contributed by atoms with Gasteiger partial charge in [-0.2, -0.15) is 0 Å². The van der Waals surface area contributed by atoms with E-state index in [9.17, 15) is 4.79 Å². The Balaban J connectivity index is 2.14. The minimum Gasteiger partial charge on any atom is -0.385 e. The van der Waals surface area contributed by atoms with Crippen molar-refractivity contribution in [1.82, 2.24) is 4.90 Å². The molecule has 5 heteroatoms. The zero-order chi connectivity index (χ0) is 14.3. The third-order valence-corrected chi connectivity index (χ3v) is 4.77. The van der Waals surface area contributed by atoms with Crippen LogP contribution in [0.15, 0.2) is 18.2 Å². The van der Waals surface area contributed by atoms with Crippen LogP contribution in [0.1, 0.15) is 24.8 Å². The van der Waals surface area contributed by atoms with Crippen molar-refractivity contribution in [2.75, 3.05) is 26.1 Å². The number of urea groups is 1. The molecule has 0 spiro atoms. The molecule has 2 aliphatic rings.